The predicted molar refractivity (Wildman–Crippen MR) is 145 cm³/mol. The second-order valence-electron chi connectivity index (χ2n) is 11.7. The maximum Gasteiger partial charge on any atom is 0.422 e. The van der Waals surface area contributed by atoms with Crippen LogP contribution in [0.25, 0.3) is 0 Å². The van der Waals surface area contributed by atoms with Gasteiger partial charge in [-0.3, -0.25) is 0 Å². The summed E-state index contributed by atoms with van der Waals surface area (Å²) in [5.74, 6) is -0.591. The van der Waals surface area contributed by atoms with Crippen LogP contribution in [0.4, 0.5) is 17.6 Å². The number of hydrogen-bond donors (Lipinski definition) is 0. The van der Waals surface area contributed by atoms with Crippen LogP contribution in [0.3, 0.4) is 0 Å². The molecule has 0 atom stereocenters. The Balaban J connectivity index is 1.15. The lowest BCUT2D eigenvalue weighted by atomic mass is 9.70. The highest BCUT2D eigenvalue weighted by atomic mass is 19.3. The van der Waals surface area contributed by atoms with Gasteiger partial charge in [0.1, 0.15) is 0 Å². The summed E-state index contributed by atoms with van der Waals surface area (Å²) in [6.07, 6.45) is 16.5. The first-order chi connectivity index (χ1) is 18.8. The lowest BCUT2D eigenvalue weighted by molar-refractivity contribution is -0.223. The van der Waals surface area contributed by atoms with Crippen molar-refractivity contribution in [3.8, 4) is 11.5 Å². The summed E-state index contributed by atoms with van der Waals surface area (Å²) in [6.45, 7) is 4.68. The Bertz CT molecular complexity index is 941. The van der Waals surface area contributed by atoms with Crippen molar-refractivity contribution in [3.05, 3.63) is 48.6 Å². The average molecular weight is 553 g/mol. The van der Waals surface area contributed by atoms with Crippen LogP contribution in [-0.4, -0.2) is 25.4 Å². The molecule has 7 heteroatoms. The molecule has 0 amide bonds. The van der Waals surface area contributed by atoms with Crippen LogP contribution in [-0.2, 0) is 4.74 Å². The molecule has 3 fully saturated rings. The predicted octanol–water partition coefficient (Wildman–Crippen LogP) is 9.27. The molecule has 3 aliphatic rings. The Kier molecular flexibility index (Phi) is 10.8. The lowest BCUT2D eigenvalue weighted by Crippen LogP contribution is -2.35. The Morgan fingerprint density at radius 1 is 0.769 bits per heavy atom. The zero-order chi connectivity index (χ0) is 27.8. The summed E-state index contributed by atoms with van der Waals surface area (Å²) in [6, 6.07) is 2.02. The summed E-state index contributed by atoms with van der Waals surface area (Å²) < 4.78 is 71.8. The second-order valence-corrected chi connectivity index (χ2v) is 11.7. The van der Waals surface area contributed by atoms with Gasteiger partial charge in [-0.05, 0) is 126 Å². The van der Waals surface area contributed by atoms with Crippen molar-refractivity contribution >= 4 is 0 Å². The highest BCUT2D eigenvalue weighted by Crippen LogP contribution is 2.41. The number of allylic oxidation sites excluding steroid dienone is 3. The van der Waals surface area contributed by atoms with E-state index in [0.717, 1.165) is 43.7 Å². The van der Waals surface area contributed by atoms with Crippen LogP contribution in [0.1, 0.15) is 84.0 Å². The molecule has 0 spiro atoms. The third kappa shape index (κ3) is 8.48. The second kappa shape index (κ2) is 14.0. The number of benzene rings is 1. The molecule has 0 bridgehead atoms. The first-order valence-electron chi connectivity index (χ1n) is 14.9. The summed E-state index contributed by atoms with van der Waals surface area (Å²) in [4.78, 5) is 0. The first kappa shape index (κ1) is 30.0. The van der Waals surface area contributed by atoms with Gasteiger partial charge in [-0.15, -0.1) is 6.58 Å². The van der Waals surface area contributed by atoms with Gasteiger partial charge in [0.25, 0.3) is 0 Å². The van der Waals surface area contributed by atoms with Crippen molar-refractivity contribution in [3.63, 3.8) is 0 Å². The van der Waals surface area contributed by atoms with Gasteiger partial charge >= 0.3 is 6.11 Å². The lowest BCUT2D eigenvalue weighted by Gasteiger charge is -2.37. The van der Waals surface area contributed by atoms with Crippen LogP contribution >= 0.6 is 0 Å². The summed E-state index contributed by atoms with van der Waals surface area (Å²) >= 11 is 0. The van der Waals surface area contributed by atoms with Crippen molar-refractivity contribution < 1.29 is 31.8 Å². The monoisotopic (exact) mass is 552 g/mol. The van der Waals surface area contributed by atoms with Gasteiger partial charge in [0, 0.05) is 0 Å². The van der Waals surface area contributed by atoms with E-state index in [4.69, 9.17) is 9.47 Å². The van der Waals surface area contributed by atoms with Crippen molar-refractivity contribution in [1.29, 1.82) is 0 Å². The van der Waals surface area contributed by atoms with Gasteiger partial charge in [-0.1, -0.05) is 18.2 Å². The summed E-state index contributed by atoms with van der Waals surface area (Å²) in [5.41, 5.74) is 0. The third-order valence-corrected chi connectivity index (χ3v) is 9.06. The Morgan fingerprint density at radius 2 is 1.26 bits per heavy atom. The third-order valence-electron chi connectivity index (χ3n) is 9.06. The Labute approximate surface area is 231 Å². The van der Waals surface area contributed by atoms with Crippen molar-refractivity contribution in [2.75, 3.05) is 13.2 Å². The standard InChI is InChI=1S/C32H44F4O3/c1-3-22-5-7-23(8-6-22)9-10-24-11-13-25(14-12-24)26-15-17-27(18-16-26)38-21-32(35,36)39-29-20-19-28(37-4-2)30(33)31(29)34/h3,9-10,19-20,22-27H,1,4-8,11-18,21H2,2H3. The van der Waals surface area contributed by atoms with E-state index in [0.29, 0.717) is 23.7 Å². The molecule has 1 aromatic rings. The highest BCUT2D eigenvalue weighted by molar-refractivity contribution is 5.35. The van der Waals surface area contributed by atoms with Gasteiger partial charge in [0.15, 0.2) is 18.1 Å². The molecule has 0 aromatic heterocycles. The van der Waals surface area contributed by atoms with E-state index in [1.54, 1.807) is 6.92 Å². The summed E-state index contributed by atoms with van der Waals surface area (Å²) in [5, 5.41) is 0. The number of rotatable bonds is 11. The van der Waals surface area contributed by atoms with Crippen LogP contribution in [0.5, 0.6) is 11.5 Å². The normalized spacial score (nSPS) is 30.3. The topological polar surface area (TPSA) is 27.7 Å². The highest BCUT2D eigenvalue weighted by Gasteiger charge is 2.37. The smallest absolute Gasteiger partial charge is 0.422 e. The fourth-order valence-corrected chi connectivity index (χ4v) is 6.69. The van der Waals surface area contributed by atoms with Crippen molar-refractivity contribution in [1.82, 2.24) is 0 Å². The minimum absolute atomic E-state index is 0.124. The maximum atomic E-state index is 14.4. The molecule has 3 aliphatic carbocycles. The van der Waals surface area contributed by atoms with Gasteiger partial charge in [0.2, 0.25) is 11.6 Å². The van der Waals surface area contributed by atoms with E-state index in [9.17, 15) is 17.6 Å². The molecular formula is C32H44F4O3. The molecule has 218 valence electrons. The molecule has 0 heterocycles. The Morgan fingerprint density at radius 3 is 1.82 bits per heavy atom. The molecular weight excluding hydrogens is 508 g/mol. The first-order valence-corrected chi connectivity index (χ1v) is 14.9. The minimum atomic E-state index is -3.77. The van der Waals surface area contributed by atoms with Crippen molar-refractivity contribution in [2.24, 2.45) is 29.6 Å². The average Bonchev–Trinajstić information content (AvgIpc) is 2.96. The molecule has 0 unspecified atom stereocenters. The van der Waals surface area contributed by atoms with Gasteiger partial charge in [0.05, 0.1) is 12.7 Å². The number of ether oxygens (including phenoxy) is 3. The zero-order valence-electron chi connectivity index (χ0n) is 23.2. The largest absolute Gasteiger partial charge is 0.491 e. The van der Waals surface area contributed by atoms with Gasteiger partial charge < -0.3 is 14.2 Å². The molecule has 0 saturated heterocycles. The van der Waals surface area contributed by atoms with Gasteiger partial charge in [-0.25, -0.2) is 0 Å². The fraction of sp³-hybridized carbons (Fsp3) is 0.688. The molecule has 0 radical (unpaired) electrons. The molecule has 0 aliphatic heterocycles. The molecule has 3 nitrogen and oxygen atoms in total. The molecule has 3 saturated carbocycles. The van der Waals surface area contributed by atoms with Crippen LogP contribution in [0.2, 0.25) is 0 Å². The SMILES string of the molecule is C=CC1CCC(C=CC2CCC(C3CCC(OCC(F)(F)Oc4ccc(OCC)c(F)c4F)CC3)CC2)CC1. The fourth-order valence-electron chi connectivity index (χ4n) is 6.69. The molecule has 1 aromatic carbocycles. The van der Waals surface area contributed by atoms with E-state index >= 15 is 0 Å². The van der Waals surface area contributed by atoms with Crippen LogP contribution in [0, 0.1) is 41.2 Å². The van der Waals surface area contributed by atoms with E-state index < -0.39 is 30.1 Å². The maximum absolute atomic E-state index is 14.4. The molecule has 0 N–H and O–H groups in total. The number of halogens is 4. The van der Waals surface area contributed by atoms with E-state index in [-0.39, 0.29) is 18.5 Å². The minimum Gasteiger partial charge on any atom is -0.491 e. The Hall–Kier alpha value is -2.02. The number of alkyl halides is 2. The summed E-state index contributed by atoms with van der Waals surface area (Å²) in [7, 11) is 0. The van der Waals surface area contributed by atoms with E-state index in [1.165, 1.54) is 51.4 Å². The van der Waals surface area contributed by atoms with Gasteiger partial charge in [-0.2, -0.15) is 17.6 Å². The number of hydrogen-bond acceptors (Lipinski definition) is 3. The van der Waals surface area contributed by atoms with Crippen LogP contribution < -0.4 is 9.47 Å². The quantitative estimate of drug-likeness (QED) is 0.202. The molecule has 4 rings (SSSR count). The van der Waals surface area contributed by atoms with E-state index in [1.807, 2.05) is 0 Å². The van der Waals surface area contributed by atoms with Crippen molar-refractivity contribution in [2.45, 2.75) is 96.2 Å². The van der Waals surface area contributed by atoms with E-state index in [2.05, 4.69) is 29.5 Å². The van der Waals surface area contributed by atoms with Crippen LogP contribution in [0.15, 0.2) is 36.9 Å². The zero-order valence-corrected chi connectivity index (χ0v) is 23.2. The molecule has 39 heavy (non-hydrogen) atoms.